The molecule has 2 N–H and O–H groups in total. The van der Waals surface area contributed by atoms with E-state index >= 15 is 0 Å². The van der Waals surface area contributed by atoms with Gasteiger partial charge in [0.25, 0.3) is 10.0 Å². The van der Waals surface area contributed by atoms with Crippen LogP contribution in [0.1, 0.15) is 79.6 Å². The molecule has 2 aromatic carbocycles. The lowest BCUT2D eigenvalue weighted by Crippen LogP contribution is -2.26. The first-order valence-electron chi connectivity index (χ1n) is 11.7. The monoisotopic (exact) mass is 456 g/mol. The zero-order valence-electron chi connectivity index (χ0n) is 18.4. The number of carboxylic acids is 1. The maximum absolute atomic E-state index is 12.9. The molecule has 1 aliphatic carbocycles. The van der Waals surface area contributed by atoms with Crippen LogP contribution in [0.2, 0.25) is 0 Å². The fourth-order valence-electron chi connectivity index (χ4n) is 4.93. The zero-order chi connectivity index (χ0) is 22.6. The Labute approximate surface area is 190 Å². The van der Waals surface area contributed by atoms with Gasteiger partial charge < -0.3 is 10.0 Å². The van der Waals surface area contributed by atoms with Crippen molar-refractivity contribution < 1.29 is 18.3 Å². The van der Waals surface area contributed by atoms with E-state index in [1.807, 2.05) is 12.1 Å². The zero-order valence-corrected chi connectivity index (χ0v) is 19.2. The first-order chi connectivity index (χ1) is 15.4. The normalized spacial score (nSPS) is 18.2. The van der Waals surface area contributed by atoms with Crippen LogP contribution < -0.4 is 9.62 Å². The molecule has 172 valence electrons. The molecule has 2 fully saturated rings. The van der Waals surface area contributed by atoms with Gasteiger partial charge in [0.1, 0.15) is 0 Å². The largest absolute Gasteiger partial charge is 0.478 e. The van der Waals surface area contributed by atoms with Crippen LogP contribution in [-0.4, -0.2) is 32.6 Å². The fraction of sp³-hybridized carbons (Fsp3) is 0.480. The average molecular weight is 457 g/mol. The number of nitrogens with one attached hydrogen (secondary N) is 1. The number of hydrogen-bond acceptors (Lipinski definition) is 4. The van der Waals surface area contributed by atoms with Crippen molar-refractivity contribution in [1.82, 2.24) is 0 Å². The Morgan fingerprint density at radius 3 is 2.12 bits per heavy atom. The second kappa shape index (κ2) is 9.94. The predicted octanol–water partition coefficient (Wildman–Crippen LogP) is 5.61. The summed E-state index contributed by atoms with van der Waals surface area (Å²) in [5.41, 5.74) is 2.23. The van der Waals surface area contributed by atoms with Crippen LogP contribution in [0.15, 0.2) is 47.4 Å². The smallest absolute Gasteiger partial charge is 0.337 e. The van der Waals surface area contributed by atoms with Crippen molar-refractivity contribution in [3.05, 3.63) is 53.6 Å². The second-order valence-corrected chi connectivity index (χ2v) is 10.6. The molecular formula is C25H32N2O4S. The lowest BCUT2D eigenvalue weighted by Gasteiger charge is -2.25. The number of rotatable bonds is 6. The molecule has 4 rings (SSSR count). The number of nitrogens with zero attached hydrogens (tertiary/aromatic N) is 1. The van der Waals surface area contributed by atoms with E-state index in [2.05, 4.69) is 9.62 Å². The summed E-state index contributed by atoms with van der Waals surface area (Å²) in [6.07, 6.45) is 10.4. The van der Waals surface area contributed by atoms with E-state index in [9.17, 15) is 18.3 Å². The third-order valence-electron chi connectivity index (χ3n) is 6.69. The van der Waals surface area contributed by atoms with E-state index in [0.29, 0.717) is 11.6 Å². The highest BCUT2D eigenvalue weighted by atomic mass is 32.2. The van der Waals surface area contributed by atoms with Crippen LogP contribution in [0.25, 0.3) is 0 Å². The molecule has 0 radical (unpaired) electrons. The van der Waals surface area contributed by atoms with Crippen LogP contribution in [0.4, 0.5) is 11.4 Å². The number of benzene rings is 2. The van der Waals surface area contributed by atoms with Gasteiger partial charge in [0.05, 0.1) is 16.1 Å². The Hall–Kier alpha value is -2.54. The van der Waals surface area contributed by atoms with Crippen LogP contribution in [0.5, 0.6) is 0 Å². The highest BCUT2D eigenvalue weighted by Gasteiger charge is 2.21. The van der Waals surface area contributed by atoms with Crippen molar-refractivity contribution in [1.29, 1.82) is 0 Å². The van der Waals surface area contributed by atoms with Crippen molar-refractivity contribution in [2.75, 3.05) is 22.7 Å². The molecule has 2 aromatic rings. The Morgan fingerprint density at radius 2 is 1.50 bits per heavy atom. The Morgan fingerprint density at radius 1 is 0.875 bits per heavy atom. The van der Waals surface area contributed by atoms with Gasteiger partial charge in [-0.15, -0.1) is 0 Å². The summed E-state index contributed by atoms with van der Waals surface area (Å²) >= 11 is 0. The molecule has 2 aliphatic rings. The molecule has 7 heteroatoms. The van der Waals surface area contributed by atoms with E-state index in [0.717, 1.165) is 51.6 Å². The minimum absolute atomic E-state index is 0.125. The van der Waals surface area contributed by atoms with Crippen molar-refractivity contribution in [3.8, 4) is 0 Å². The Bertz CT molecular complexity index is 1040. The van der Waals surface area contributed by atoms with Gasteiger partial charge in [-0.2, -0.15) is 0 Å². The third kappa shape index (κ3) is 5.26. The van der Waals surface area contributed by atoms with Crippen molar-refractivity contribution in [3.63, 3.8) is 0 Å². The second-order valence-electron chi connectivity index (χ2n) is 8.95. The number of carbonyl (C=O) groups is 1. The lowest BCUT2D eigenvalue weighted by molar-refractivity contribution is 0.0697. The molecule has 0 bridgehead atoms. The van der Waals surface area contributed by atoms with E-state index in [1.165, 1.54) is 30.9 Å². The van der Waals surface area contributed by atoms with Crippen LogP contribution in [0, 0.1) is 0 Å². The summed E-state index contributed by atoms with van der Waals surface area (Å²) in [5.74, 6) is -0.541. The standard InChI is InChI=1S/C25H32N2O4S/c28-25(29)23-18-21(12-15-24(23)27-16-6-1-2-7-17-27)26-32(30,31)22-13-10-20(11-14-22)19-8-4-3-5-9-19/h10-15,18-19,26H,1-9,16-17H2,(H,28,29). The molecule has 0 unspecified atom stereocenters. The van der Waals surface area contributed by atoms with Gasteiger partial charge >= 0.3 is 5.97 Å². The summed E-state index contributed by atoms with van der Waals surface area (Å²) in [7, 11) is -3.80. The molecule has 0 atom stereocenters. The number of hydrogen-bond donors (Lipinski definition) is 2. The molecule has 0 aromatic heterocycles. The first kappa shape index (κ1) is 22.6. The highest BCUT2D eigenvalue weighted by Crippen LogP contribution is 2.33. The van der Waals surface area contributed by atoms with Crippen LogP contribution in [0.3, 0.4) is 0 Å². The average Bonchev–Trinajstić information content (AvgIpc) is 3.09. The van der Waals surface area contributed by atoms with E-state index in [-0.39, 0.29) is 16.1 Å². The Kier molecular flexibility index (Phi) is 7.04. The number of anilines is 2. The summed E-state index contributed by atoms with van der Waals surface area (Å²) in [6.45, 7) is 1.64. The minimum Gasteiger partial charge on any atom is -0.478 e. The number of sulfonamides is 1. The molecule has 1 aliphatic heterocycles. The number of carboxylic acid groups (broad SMARTS) is 1. The molecule has 6 nitrogen and oxygen atoms in total. The molecule has 32 heavy (non-hydrogen) atoms. The fourth-order valence-corrected chi connectivity index (χ4v) is 5.98. The van der Waals surface area contributed by atoms with Gasteiger partial charge in [0.2, 0.25) is 0 Å². The van der Waals surface area contributed by atoms with Crippen LogP contribution >= 0.6 is 0 Å². The molecule has 0 amide bonds. The molecule has 1 heterocycles. The predicted molar refractivity (Wildman–Crippen MR) is 127 cm³/mol. The molecule has 0 spiro atoms. The van der Waals surface area contributed by atoms with Gasteiger partial charge in [-0.25, -0.2) is 13.2 Å². The maximum atomic E-state index is 12.9. The van der Waals surface area contributed by atoms with Gasteiger partial charge in [-0.1, -0.05) is 44.2 Å². The SMILES string of the molecule is O=C(O)c1cc(NS(=O)(=O)c2ccc(C3CCCCC3)cc2)ccc1N1CCCCCC1. The highest BCUT2D eigenvalue weighted by molar-refractivity contribution is 7.92. The lowest BCUT2D eigenvalue weighted by atomic mass is 9.84. The molecular weight excluding hydrogens is 424 g/mol. The number of aromatic carboxylic acids is 1. The van der Waals surface area contributed by atoms with E-state index in [4.69, 9.17) is 0 Å². The van der Waals surface area contributed by atoms with Gasteiger partial charge in [-0.05, 0) is 67.5 Å². The minimum atomic E-state index is -3.80. The van der Waals surface area contributed by atoms with Gasteiger partial charge in [0, 0.05) is 18.8 Å². The molecule has 1 saturated heterocycles. The topological polar surface area (TPSA) is 86.7 Å². The van der Waals surface area contributed by atoms with Crippen molar-refractivity contribution >= 4 is 27.4 Å². The van der Waals surface area contributed by atoms with Crippen molar-refractivity contribution in [2.45, 2.75) is 68.6 Å². The quantitative estimate of drug-likeness (QED) is 0.590. The first-order valence-corrected chi connectivity index (χ1v) is 13.2. The van der Waals surface area contributed by atoms with Crippen LogP contribution in [-0.2, 0) is 10.0 Å². The van der Waals surface area contributed by atoms with Gasteiger partial charge in [0.15, 0.2) is 0 Å². The summed E-state index contributed by atoms with van der Waals surface area (Å²) in [4.78, 5) is 14.2. The van der Waals surface area contributed by atoms with Crippen molar-refractivity contribution in [2.24, 2.45) is 0 Å². The molecule has 1 saturated carbocycles. The maximum Gasteiger partial charge on any atom is 0.337 e. The van der Waals surface area contributed by atoms with Gasteiger partial charge in [-0.3, -0.25) is 4.72 Å². The Balaban J connectivity index is 1.53. The van der Waals surface area contributed by atoms with E-state index < -0.39 is 16.0 Å². The third-order valence-corrected chi connectivity index (χ3v) is 8.09. The summed E-state index contributed by atoms with van der Waals surface area (Å²) in [5, 5.41) is 9.76. The summed E-state index contributed by atoms with van der Waals surface area (Å²) < 4.78 is 28.4. The van der Waals surface area contributed by atoms with E-state index in [1.54, 1.807) is 24.3 Å². The summed E-state index contributed by atoms with van der Waals surface area (Å²) in [6, 6.07) is 11.9.